The van der Waals surface area contributed by atoms with Gasteiger partial charge in [0.05, 0.1) is 10.9 Å². The molecular weight excluding hydrogens is 362 g/mol. The molecule has 2 bridgehead atoms. The van der Waals surface area contributed by atoms with Crippen molar-refractivity contribution in [3.05, 3.63) is 64.3 Å². The van der Waals surface area contributed by atoms with E-state index in [2.05, 4.69) is 61.9 Å². The van der Waals surface area contributed by atoms with Crippen LogP contribution in [0.1, 0.15) is 97.1 Å². The molecule has 3 aromatic rings. The molecule has 4 aliphatic carbocycles. The molecule has 0 amide bonds. The smallest absolute Gasteiger partial charge is 0.198 e. The van der Waals surface area contributed by atoms with Gasteiger partial charge in [0.1, 0.15) is 7.05 Å². The maximum Gasteiger partial charge on any atom is 0.220 e. The number of nitrogens with zero attached hydrogens (tertiary/aromatic N) is 1. The second-order valence-corrected chi connectivity index (χ2v) is 10.4. The zero-order chi connectivity index (χ0) is 20.4. The normalized spacial score (nSPS) is 23.3. The van der Waals surface area contributed by atoms with Crippen molar-refractivity contribution in [1.29, 1.82) is 0 Å². The Kier molecular flexibility index (Phi) is 4.30. The lowest BCUT2D eigenvalue weighted by Crippen LogP contribution is -2.35. The van der Waals surface area contributed by atoms with E-state index in [-0.39, 0.29) is 0 Å². The van der Waals surface area contributed by atoms with Gasteiger partial charge in [0.2, 0.25) is 5.69 Å². The molecule has 1 heteroatoms. The Morgan fingerprint density at radius 1 is 0.733 bits per heavy atom. The molecule has 4 aliphatic rings. The summed E-state index contributed by atoms with van der Waals surface area (Å²) < 4.78 is 2.42. The third kappa shape index (κ3) is 2.77. The first-order valence-corrected chi connectivity index (χ1v) is 12.2. The third-order valence-electron chi connectivity index (χ3n) is 8.68. The average Bonchev–Trinajstić information content (AvgIpc) is 3.30. The highest BCUT2D eigenvalue weighted by molar-refractivity contribution is 5.94. The van der Waals surface area contributed by atoms with Crippen molar-refractivity contribution in [2.75, 3.05) is 0 Å². The van der Waals surface area contributed by atoms with Crippen molar-refractivity contribution in [1.82, 2.24) is 0 Å². The second kappa shape index (κ2) is 6.94. The number of aromatic nitrogens is 1. The van der Waals surface area contributed by atoms with Gasteiger partial charge in [0.25, 0.3) is 0 Å². The Hall–Kier alpha value is -2.15. The molecule has 2 aromatic carbocycles. The molecule has 2 fully saturated rings. The van der Waals surface area contributed by atoms with E-state index >= 15 is 0 Å². The molecule has 1 nitrogen and oxygen atoms in total. The molecular formula is C29H34N+. The van der Waals surface area contributed by atoms with Gasteiger partial charge in [-0.15, -0.1) is 0 Å². The molecule has 0 radical (unpaired) electrons. The Morgan fingerprint density at radius 3 is 2.10 bits per heavy atom. The Labute approximate surface area is 181 Å². The van der Waals surface area contributed by atoms with E-state index in [9.17, 15) is 0 Å². The molecule has 0 atom stereocenters. The van der Waals surface area contributed by atoms with E-state index < -0.39 is 0 Å². The number of hydrogen-bond donors (Lipinski definition) is 0. The van der Waals surface area contributed by atoms with Gasteiger partial charge >= 0.3 is 0 Å². The second-order valence-electron chi connectivity index (χ2n) is 10.4. The summed E-state index contributed by atoms with van der Waals surface area (Å²) in [6.45, 7) is 4.60. The van der Waals surface area contributed by atoms with Gasteiger partial charge in [-0.3, -0.25) is 0 Å². The maximum absolute atomic E-state index is 2.58. The Morgan fingerprint density at radius 2 is 1.40 bits per heavy atom. The van der Waals surface area contributed by atoms with Crippen LogP contribution in [0.15, 0.2) is 36.4 Å². The molecule has 1 aromatic heterocycles. The summed E-state index contributed by atoms with van der Waals surface area (Å²) in [5.74, 6) is 2.38. The van der Waals surface area contributed by atoms with Gasteiger partial charge < -0.3 is 0 Å². The highest BCUT2D eigenvalue weighted by atomic mass is 14.9. The number of hydrogen-bond acceptors (Lipinski definition) is 0. The Balaban J connectivity index is 1.55. The number of rotatable bonds is 2. The molecule has 1 heterocycles. The van der Waals surface area contributed by atoms with Crippen LogP contribution in [0.2, 0.25) is 0 Å². The topological polar surface area (TPSA) is 3.88 Å². The monoisotopic (exact) mass is 396 g/mol. The fraction of sp³-hybridized carbons (Fsp3) is 0.483. The van der Waals surface area contributed by atoms with Crippen LogP contribution in [0.4, 0.5) is 0 Å². The van der Waals surface area contributed by atoms with Crippen LogP contribution in [0, 0.1) is 13.8 Å². The summed E-state index contributed by atoms with van der Waals surface area (Å²) in [4.78, 5) is 0. The molecule has 0 unspecified atom stereocenters. The lowest BCUT2D eigenvalue weighted by atomic mass is 9.66. The highest BCUT2D eigenvalue weighted by Gasteiger charge is 2.34. The largest absolute Gasteiger partial charge is 0.220 e. The number of benzene rings is 2. The number of fused-ring (bicyclic) bond motifs is 3. The van der Waals surface area contributed by atoms with E-state index in [4.69, 9.17) is 0 Å². The van der Waals surface area contributed by atoms with E-state index in [0.29, 0.717) is 0 Å². The molecule has 154 valence electrons. The van der Waals surface area contributed by atoms with Crippen molar-refractivity contribution in [2.45, 2.75) is 83.0 Å². The number of pyridine rings is 1. The van der Waals surface area contributed by atoms with Gasteiger partial charge in [-0.2, -0.15) is 4.57 Å². The maximum atomic E-state index is 2.58. The van der Waals surface area contributed by atoms with Gasteiger partial charge in [0, 0.05) is 13.0 Å². The fourth-order valence-corrected chi connectivity index (χ4v) is 6.86. The van der Waals surface area contributed by atoms with E-state index in [0.717, 1.165) is 17.8 Å². The Bertz CT molecular complexity index is 1140. The molecule has 2 saturated carbocycles. The zero-order valence-corrected chi connectivity index (χ0v) is 18.8. The molecule has 0 spiro atoms. The van der Waals surface area contributed by atoms with Crippen molar-refractivity contribution in [3.8, 4) is 11.3 Å². The van der Waals surface area contributed by atoms with Gasteiger partial charge in [-0.25, -0.2) is 0 Å². The van der Waals surface area contributed by atoms with E-state index in [1.807, 2.05) is 0 Å². The van der Waals surface area contributed by atoms with Crippen molar-refractivity contribution in [3.63, 3.8) is 0 Å². The summed E-state index contributed by atoms with van der Waals surface area (Å²) >= 11 is 0. The quantitative estimate of drug-likeness (QED) is 0.398. The van der Waals surface area contributed by atoms with Crippen molar-refractivity contribution in [2.24, 2.45) is 7.05 Å². The SMILES string of the molecule is Cc1cc2c(cc1-c1c3ccc(C4CCCC4)cc3cc(C)[n+]1C)C1CCC2CC1. The van der Waals surface area contributed by atoms with Gasteiger partial charge in [-0.05, 0) is 103 Å². The molecule has 30 heavy (non-hydrogen) atoms. The van der Waals surface area contributed by atoms with E-state index in [1.165, 1.54) is 84.7 Å². The minimum atomic E-state index is 0.771. The predicted octanol–water partition coefficient (Wildman–Crippen LogP) is 7.36. The molecule has 7 rings (SSSR count). The highest BCUT2D eigenvalue weighted by Crippen LogP contribution is 2.51. The summed E-state index contributed by atoms with van der Waals surface area (Å²) in [6.07, 6.45) is 11.1. The van der Waals surface area contributed by atoms with Crippen LogP contribution in [0.3, 0.4) is 0 Å². The van der Waals surface area contributed by atoms with Gasteiger partial charge in [-0.1, -0.05) is 31.0 Å². The average molecular weight is 397 g/mol. The number of aryl methyl sites for hydroxylation is 2. The summed E-state index contributed by atoms with van der Waals surface area (Å²) in [6, 6.07) is 14.9. The summed E-state index contributed by atoms with van der Waals surface area (Å²) in [5.41, 5.74) is 10.5. The van der Waals surface area contributed by atoms with Crippen molar-refractivity contribution >= 4 is 10.8 Å². The first-order chi connectivity index (χ1) is 14.6. The van der Waals surface area contributed by atoms with Crippen molar-refractivity contribution < 1.29 is 4.57 Å². The van der Waals surface area contributed by atoms with Crippen LogP contribution in [-0.2, 0) is 7.05 Å². The zero-order valence-electron chi connectivity index (χ0n) is 18.8. The molecule has 0 aliphatic heterocycles. The minimum Gasteiger partial charge on any atom is -0.198 e. The molecule has 0 saturated heterocycles. The van der Waals surface area contributed by atoms with Crippen LogP contribution in [-0.4, -0.2) is 0 Å². The minimum absolute atomic E-state index is 0.771. The van der Waals surface area contributed by atoms with Crippen LogP contribution < -0.4 is 4.57 Å². The first kappa shape index (κ1) is 18.6. The fourth-order valence-electron chi connectivity index (χ4n) is 6.86. The first-order valence-electron chi connectivity index (χ1n) is 12.2. The predicted molar refractivity (Wildman–Crippen MR) is 125 cm³/mol. The van der Waals surface area contributed by atoms with Crippen LogP contribution >= 0.6 is 0 Å². The summed E-state index contributed by atoms with van der Waals surface area (Å²) in [5, 5.41) is 2.83. The van der Waals surface area contributed by atoms with Gasteiger partial charge in [0.15, 0.2) is 5.69 Å². The van der Waals surface area contributed by atoms with E-state index in [1.54, 1.807) is 16.7 Å². The lowest BCUT2D eigenvalue weighted by Gasteiger charge is -2.38. The van der Waals surface area contributed by atoms with Crippen LogP contribution in [0.25, 0.3) is 22.0 Å². The molecule has 0 N–H and O–H groups in total. The lowest BCUT2D eigenvalue weighted by molar-refractivity contribution is -0.665. The standard InChI is InChI=1S/C29H34N/c1-18-14-27-21-8-10-22(11-9-21)28(27)17-26(18)29-25-13-12-23(20-6-4-5-7-20)16-24(25)15-19(2)30(29)3/h12-17,20-22H,4-11H2,1-3H3/q+1. The third-order valence-corrected chi connectivity index (χ3v) is 8.68. The van der Waals surface area contributed by atoms with Crippen LogP contribution in [0.5, 0.6) is 0 Å². The summed E-state index contributed by atoms with van der Waals surface area (Å²) in [7, 11) is 2.25.